The van der Waals surface area contributed by atoms with Gasteiger partial charge in [-0.2, -0.15) is 5.10 Å². The van der Waals surface area contributed by atoms with Gasteiger partial charge < -0.3 is 4.74 Å². The van der Waals surface area contributed by atoms with Gasteiger partial charge in [0.2, 0.25) is 5.91 Å². The minimum absolute atomic E-state index is 0.0128. The Hall–Kier alpha value is -3.20. The van der Waals surface area contributed by atoms with Crippen molar-refractivity contribution in [3.8, 4) is 5.75 Å². The summed E-state index contributed by atoms with van der Waals surface area (Å²) in [7, 11) is 1.61. The highest BCUT2D eigenvalue weighted by atomic mass is 32.2. The van der Waals surface area contributed by atoms with Crippen LogP contribution in [-0.2, 0) is 11.3 Å². The second-order valence-corrected chi connectivity index (χ2v) is 7.82. The van der Waals surface area contributed by atoms with Gasteiger partial charge in [0.25, 0.3) is 5.69 Å². The molecule has 0 saturated carbocycles. The van der Waals surface area contributed by atoms with Crippen LogP contribution in [0.25, 0.3) is 0 Å². The number of methoxy groups -OCH3 is 1. The Morgan fingerprint density at radius 2 is 2.03 bits per heavy atom. The number of amidine groups is 1. The van der Waals surface area contributed by atoms with Crippen molar-refractivity contribution >= 4 is 34.7 Å². The van der Waals surface area contributed by atoms with E-state index in [0.29, 0.717) is 17.3 Å². The minimum atomic E-state index is -0.458. The number of nitro groups is 1. The molecule has 0 N–H and O–H groups in total. The summed E-state index contributed by atoms with van der Waals surface area (Å²) in [6.07, 6.45) is 3.10. The van der Waals surface area contributed by atoms with E-state index in [4.69, 9.17) is 4.74 Å². The van der Waals surface area contributed by atoms with Crippen LogP contribution < -0.4 is 4.74 Å². The van der Waals surface area contributed by atoms with Crippen molar-refractivity contribution in [1.29, 1.82) is 0 Å². The predicted octanol–water partition coefficient (Wildman–Crippen LogP) is 4.24. The van der Waals surface area contributed by atoms with Crippen molar-refractivity contribution in [3.05, 3.63) is 69.8 Å². The van der Waals surface area contributed by atoms with E-state index < -0.39 is 4.92 Å². The summed E-state index contributed by atoms with van der Waals surface area (Å²) >= 11 is 1.40. The number of hydrogen-bond donors (Lipinski definition) is 0. The zero-order valence-corrected chi connectivity index (χ0v) is 17.5. The number of carbonyl (C=O) groups excluding carboxylic acids is 1. The maximum atomic E-state index is 12.9. The van der Waals surface area contributed by atoms with E-state index >= 15 is 0 Å². The third-order valence-electron chi connectivity index (χ3n) is 4.50. The molecule has 2 aromatic rings. The second kappa shape index (κ2) is 10.0. The lowest BCUT2D eigenvalue weighted by atomic mass is 10.2. The van der Waals surface area contributed by atoms with Gasteiger partial charge >= 0.3 is 0 Å². The van der Waals surface area contributed by atoms with Crippen LogP contribution in [0, 0.1) is 10.1 Å². The van der Waals surface area contributed by atoms with Crippen molar-refractivity contribution in [2.75, 3.05) is 7.11 Å². The van der Waals surface area contributed by atoms with E-state index in [1.807, 2.05) is 31.2 Å². The summed E-state index contributed by atoms with van der Waals surface area (Å²) in [6, 6.07) is 13.7. The molecule has 1 aliphatic heterocycles. The standard InChI is InChI=1S/C21H22N4O4S/c1-3-5-19-20(26)24(14-15-8-10-18(29-2)11-9-15)21(30-19)23-22-13-16-6-4-7-17(12-16)25(27)28/h4,6-13,19H,3,5,14H2,1-2H3/b22-13-,23-21+/t19-/m1/s1. The lowest BCUT2D eigenvalue weighted by Crippen LogP contribution is -2.31. The third kappa shape index (κ3) is 5.24. The van der Waals surface area contributed by atoms with Gasteiger partial charge in [-0.05, 0) is 24.1 Å². The van der Waals surface area contributed by atoms with Gasteiger partial charge in [-0.1, -0.05) is 49.4 Å². The van der Waals surface area contributed by atoms with Gasteiger partial charge in [0.05, 0.1) is 30.0 Å². The van der Waals surface area contributed by atoms with Crippen molar-refractivity contribution in [2.24, 2.45) is 10.2 Å². The van der Waals surface area contributed by atoms with Crippen molar-refractivity contribution < 1.29 is 14.5 Å². The van der Waals surface area contributed by atoms with Crippen LogP contribution in [0.3, 0.4) is 0 Å². The zero-order valence-electron chi connectivity index (χ0n) is 16.7. The first-order chi connectivity index (χ1) is 14.5. The topological polar surface area (TPSA) is 97.4 Å². The van der Waals surface area contributed by atoms with E-state index in [1.165, 1.54) is 30.1 Å². The van der Waals surface area contributed by atoms with E-state index in [0.717, 1.165) is 24.2 Å². The Morgan fingerprint density at radius 3 is 2.70 bits per heavy atom. The van der Waals surface area contributed by atoms with Gasteiger partial charge in [0.1, 0.15) is 5.75 Å². The molecular weight excluding hydrogens is 404 g/mol. The number of rotatable bonds is 8. The van der Waals surface area contributed by atoms with Gasteiger partial charge in [-0.25, -0.2) is 0 Å². The lowest BCUT2D eigenvalue weighted by Gasteiger charge is -2.16. The molecule has 0 aliphatic carbocycles. The summed E-state index contributed by atoms with van der Waals surface area (Å²) in [4.78, 5) is 24.9. The monoisotopic (exact) mass is 426 g/mol. The molecule has 1 saturated heterocycles. The molecule has 30 heavy (non-hydrogen) atoms. The van der Waals surface area contributed by atoms with Crippen LogP contribution in [0.4, 0.5) is 5.69 Å². The first kappa shape index (κ1) is 21.5. The smallest absolute Gasteiger partial charge is 0.270 e. The first-order valence-electron chi connectivity index (χ1n) is 9.48. The largest absolute Gasteiger partial charge is 0.497 e. The number of ether oxygens (including phenoxy) is 1. The van der Waals surface area contributed by atoms with E-state index in [-0.39, 0.29) is 16.8 Å². The molecule has 1 amide bonds. The van der Waals surface area contributed by atoms with Gasteiger partial charge in [-0.15, -0.1) is 5.10 Å². The summed E-state index contributed by atoms with van der Waals surface area (Å²) < 4.78 is 5.18. The van der Waals surface area contributed by atoms with Crippen LogP contribution in [0.15, 0.2) is 58.7 Å². The number of nitro benzene ring substituents is 1. The Kier molecular flexibility index (Phi) is 7.18. The molecule has 156 valence electrons. The number of benzene rings is 2. The summed E-state index contributed by atoms with van der Waals surface area (Å²) in [5.74, 6) is 0.766. The molecule has 2 aromatic carbocycles. The van der Waals surface area contributed by atoms with Crippen molar-refractivity contribution in [2.45, 2.75) is 31.6 Å². The Bertz CT molecular complexity index is 975. The molecule has 1 atom stereocenters. The molecule has 0 spiro atoms. The molecule has 0 bridgehead atoms. The average Bonchev–Trinajstić information content (AvgIpc) is 3.04. The SMILES string of the molecule is CCC[C@H]1S/C(=N/N=C\c2cccc([N+](=O)[O-])c2)N(Cc2ccc(OC)cc2)C1=O. The normalized spacial score (nSPS) is 17.8. The number of thioether (sulfide) groups is 1. The van der Waals surface area contributed by atoms with Crippen LogP contribution in [0.2, 0.25) is 0 Å². The van der Waals surface area contributed by atoms with Crippen molar-refractivity contribution in [3.63, 3.8) is 0 Å². The van der Waals surface area contributed by atoms with Crippen LogP contribution in [0.1, 0.15) is 30.9 Å². The molecule has 0 unspecified atom stereocenters. The highest BCUT2D eigenvalue weighted by Crippen LogP contribution is 2.32. The Balaban J connectivity index is 1.80. The number of amides is 1. The molecule has 8 nitrogen and oxygen atoms in total. The first-order valence-corrected chi connectivity index (χ1v) is 10.4. The molecule has 3 rings (SSSR count). The van der Waals surface area contributed by atoms with Gasteiger partial charge in [0, 0.05) is 17.7 Å². The second-order valence-electron chi connectivity index (χ2n) is 6.65. The fourth-order valence-electron chi connectivity index (χ4n) is 2.95. The fraction of sp³-hybridized carbons (Fsp3) is 0.286. The van der Waals surface area contributed by atoms with E-state index in [1.54, 1.807) is 24.1 Å². The van der Waals surface area contributed by atoms with Gasteiger partial charge in [0.15, 0.2) is 5.17 Å². The number of nitrogens with zero attached hydrogens (tertiary/aromatic N) is 4. The number of non-ortho nitro benzene ring substituents is 1. The minimum Gasteiger partial charge on any atom is -0.497 e. The van der Waals surface area contributed by atoms with E-state index in [9.17, 15) is 14.9 Å². The zero-order chi connectivity index (χ0) is 21.5. The van der Waals surface area contributed by atoms with Gasteiger partial charge in [-0.3, -0.25) is 19.8 Å². The average molecular weight is 426 g/mol. The van der Waals surface area contributed by atoms with Crippen molar-refractivity contribution in [1.82, 2.24) is 4.90 Å². The Morgan fingerprint density at radius 1 is 1.27 bits per heavy atom. The highest BCUT2D eigenvalue weighted by molar-refractivity contribution is 8.15. The third-order valence-corrected chi connectivity index (χ3v) is 5.74. The molecule has 0 radical (unpaired) electrons. The molecule has 1 heterocycles. The van der Waals surface area contributed by atoms with Crippen LogP contribution >= 0.6 is 11.8 Å². The molecular formula is C21H22N4O4S. The lowest BCUT2D eigenvalue weighted by molar-refractivity contribution is -0.384. The quantitative estimate of drug-likeness (QED) is 0.357. The summed E-state index contributed by atoms with van der Waals surface area (Å²) in [6.45, 7) is 2.43. The van der Waals surface area contributed by atoms with Crippen LogP contribution in [-0.4, -0.2) is 39.5 Å². The highest BCUT2D eigenvalue weighted by Gasteiger charge is 2.37. The fourth-order valence-corrected chi connectivity index (χ4v) is 4.17. The predicted molar refractivity (Wildman–Crippen MR) is 118 cm³/mol. The summed E-state index contributed by atoms with van der Waals surface area (Å²) in [5, 5.41) is 19.6. The van der Waals surface area contributed by atoms with Crippen LogP contribution in [0.5, 0.6) is 5.75 Å². The molecule has 1 aliphatic rings. The number of hydrogen-bond acceptors (Lipinski definition) is 7. The van der Waals surface area contributed by atoms with E-state index in [2.05, 4.69) is 10.2 Å². The maximum absolute atomic E-state index is 12.9. The number of carbonyl (C=O) groups is 1. The Labute approximate surface area is 178 Å². The maximum Gasteiger partial charge on any atom is 0.270 e. The molecule has 9 heteroatoms. The summed E-state index contributed by atoms with van der Waals surface area (Å²) in [5.41, 5.74) is 1.51. The molecule has 0 aromatic heterocycles. The molecule has 1 fully saturated rings.